The molecule has 0 aliphatic heterocycles. The van der Waals surface area contributed by atoms with Gasteiger partial charge in [0.05, 0.1) is 5.69 Å². The van der Waals surface area contributed by atoms with Crippen LogP contribution in [0.3, 0.4) is 0 Å². The number of nitrogens with one attached hydrogen (secondary N) is 1. The number of hydrogen-bond acceptors (Lipinski definition) is 4. The maximum atomic E-state index is 6.01. The monoisotopic (exact) mass is 350 g/mol. The summed E-state index contributed by atoms with van der Waals surface area (Å²) < 4.78 is 5.36. The van der Waals surface area contributed by atoms with Crippen molar-refractivity contribution >= 4 is 11.6 Å². The second-order valence-corrected chi connectivity index (χ2v) is 6.34. The molecule has 6 heteroatoms. The van der Waals surface area contributed by atoms with Crippen LogP contribution in [0.5, 0.6) is 0 Å². The summed E-state index contributed by atoms with van der Waals surface area (Å²) in [6.45, 7) is 4.17. The second kappa shape index (κ2) is 6.18. The van der Waals surface area contributed by atoms with E-state index in [1.54, 1.807) is 12.1 Å². The van der Waals surface area contributed by atoms with E-state index in [0.717, 1.165) is 16.8 Å². The van der Waals surface area contributed by atoms with Crippen LogP contribution in [0.2, 0.25) is 5.02 Å². The number of hydrogen-bond donors (Lipinski definition) is 1. The van der Waals surface area contributed by atoms with E-state index in [-0.39, 0.29) is 0 Å². The Balaban J connectivity index is 1.65. The number of aromatic nitrogens is 4. The molecular formula is C19H15ClN4O. The van der Waals surface area contributed by atoms with Crippen LogP contribution >= 0.6 is 11.6 Å². The number of H-pyrrole nitrogens is 1. The zero-order chi connectivity index (χ0) is 17.4. The van der Waals surface area contributed by atoms with Gasteiger partial charge in [-0.25, -0.2) is 0 Å². The highest BCUT2D eigenvalue weighted by Crippen LogP contribution is 2.26. The van der Waals surface area contributed by atoms with Crippen LogP contribution in [-0.4, -0.2) is 20.3 Å². The lowest BCUT2D eigenvalue weighted by atomic mass is 10.0. The summed E-state index contributed by atoms with van der Waals surface area (Å²) >= 11 is 6.01. The van der Waals surface area contributed by atoms with E-state index in [1.165, 1.54) is 11.1 Å². The zero-order valence-corrected chi connectivity index (χ0v) is 14.5. The molecule has 0 aliphatic carbocycles. The molecule has 4 rings (SSSR count). The molecule has 4 aromatic rings. The molecule has 5 nitrogen and oxygen atoms in total. The fraction of sp³-hybridized carbons (Fsp3) is 0.105. The van der Waals surface area contributed by atoms with Crippen LogP contribution in [0.25, 0.3) is 34.2 Å². The van der Waals surface area contributed by atoms with Gasteiger partial charge < -0.3 is 4.52 Å². The van der Waals surface area contributed by atoms with Gasteiger partial charge in [0.25, 0.3) is 5.89 Å². The number of benzene rings is 2. The fourth-order valence-electron chi connectivity index (χ4n) is 2.56. The summed E-state index contributed by atoms with van der Waals surface area (Å²) in [5, 5.41) is 12.0. The maximum absolute atomic E-state index is 6.01. The van der Waals surface area contributed by atoms with E-state index in [2.05, 4.69) is 46.3 Å². The molecule has 0 amide bonds. The molecule has 2 heterocycles. The van der Waals surface area contributed by atoms with Gasteiger partial charge in [0.15, 0.2) is 0 Å². The van der Waals surface area contributed by atoms with Gasteiger partial charge in [-0.2, -0.15) is 10.1 Å². The Bertz CT molecular complexity index is 1050. The van der Waals surface area contributed by atoms with Gasteiger partial charge in [0.2, 0.25) is 5.82 Å². The van der Waals surface area contributed by atoms with E-state index in [1.807, 2.05) is 24.3 Å². The van der Waals surface area contributed by atoms with E-state index in [9.17, 15) is 0 Å². The molecule has 1 N–H and O–H groups in total. The average molecular weight is 351 g/mol. The highest BCUT2D eigenvalue weighted by molar-refractivity contribution is 6.30. The van der Waals surface area contributed by atoms with Crippen LogP contribution in [0, 0.1) is 13.8 Å². The lowest BCUT2D eigenvalue weighted by Gasteiger charge is -2.01. The average Bonchev–Trinajstić information content (AvgIpc) is 3.26. The lowest BCUT2D eigenvalue weighted by Crippen LogP contribution is -1.83. The predicted molar refractivity (Wildman–Crippen MR) is 97.2 cm³/mol. The third-order valence-corrected chi connectivity index (χ3v) is 4.35. The molecular weight excluding hydrogens is 336 g/mol. The lowest BCUT2D eigenvalue weighted by molar-refractivity contribution is 0.431. The smallest absolute Gasteiger partial charge is 0.276 e. The van der Waals surface area contributed by atoms with Gasteiger partial charge >= 0.3 is 0 Å². The van der Waals surface area contributed by atoms with E-state index < -0.39 is 0 Å². The quantitative estimate of drug-likeness (QED) is 0.560. The first kappa shape index (κ1) is 15.6. The molecule has 0 fully saturated rings. The van der Waals surface area contributed by atoms with Crippen LogP contribution in [-0.2, 0) is 0 Å². The molecule has 0 aliphatic rings. The van der Waals surface area contributed by atoms with E-state index in [4.69, 9.17) is 16.1 Å². The van der Waals surface area contributed by atoms with Crippen molar-refractivity contribution in [3.05, 3.63) is 64.7 Å². The Hall–Kier alpha value is -2.92. The Morgan fingerprint density at radius 2 is 1.84 bits per heavy atom. The Kier molecular flexibility index (Phi) is 3.86. The highest BCUT2D eigenvalue weighted by atomic mass is 35.5. The molecule has 0 unspecified atom stereocenters. The minimum absolute atomic E-state index is 0.387. The summed E-state index contributed by atoms with van der Waals surface area (Å²) in [6.07, 6.45) is 0. The minimum atomic E-state index is 0.387. The Morgan fingerprint density at radius 1 is 0.960 bits per heavy atom. The van der Waals surface area contributed by atoms with Gasteiger partial charge in [-0.15, -0.1) is 0 Å². The van der Waals surface area contributed by atoms with Crippen molar-refractivity contribution in [2.24, 2.45) is 0 Å². The summed E-state index contributed by atoms with van der Waals surface area (Å²) in [5.41, 5.74) is 5.83. The molecule has 0 saturated heterocycles. The topological polar surface area (TPSA) is 67.6 Å². The van der Waals surface area contributed by atoms with Crippen LogP contribution < -0.4 is 0 Å². The molecule has 0 atom stereocenters. The van der Waals surface area contributed by atoms with Gasteiger partial charge in [0.1, 0.15) is 5.69 Å². The highest BCUT2D eigenvalue weighted by Gasteiger charge is 2.14. The largest absolute Gasteiger partial charge is 0.332 e. The van der Waals surface area contributed by atoms with Crippen LogP contribution in [0.15, 0.2) is 53.1 Å². The number of aryl methyl sites for hydroxylation is 2. The first-order chi connectivity index (χ1) is 12.1. The first-order valence-electron chi connectivity index (χ1n) is 7.83. The Labute approximate surface area is 149 Å². The minimum Gasteiger partial charge on any atom is -0.332 e. The summed E-state index contributed by atoms with van der Waals surface area (Å²) in [7, 11) is 0. The predicted octanol–water partition coefficient (Wildman–Crippen LogP) is 5.06. The fourth-order valence-corrected chi connectivity index (χ4v) is 2.75. The maximum Gasteiger partial charge on any atom is 0.276 e. The van der Waals surface area contributed by atoms with Crippen LogP contribution in [0.1, 0.15) is 11.1 Å². The molecule has 2 aromatic carbocycles. The van der Waals surface area contributed by atoms with Crippen molar-refractivity contribution in [3.63, 3.8) is 0 Å². The van der Waals surface area contributed by atoms with E-state index in [0.29, 0.717) is 22.4 Å². The first-order valence-corrected chi connectivity index (χ1v) is 8.21. The standard InChI is InChI=1S/C19H15ClN4O/c1-11-6-7-13(8-12(11)2)16-10-17(23-22-16)19-21-18(24-25-19)14-4-3-5-15(20)9-14/h3-10H,1-2H3,(H,22,23). The number of aromatic amines is 1. The van der Waals surface area contributed by atoms with Gasteiger partial charge in [-0.1, -0.05) is 41.0 Å². The van der Waals surface area contributed by atoms with Gasteiger partial charge in [-0.3, -0.25) is 5.10 Å². The van der Waals surface area contributed by atoms with Gasteiger partial charge in [-0.05, 0) is 49.2 Å². The van der Waals surface area contributed by atoms with Crippen molar-refractivity contribution in [2.45, 2.75) is 13.8 Å². The third-order valence-electron chi connectivity index (χ3n) is 4.12. The summed E-state index contributed by atoms with van der Waals surface area (Å²) in [5.74, 6) is 0.873. The van der Waals surface area contributed by atoms with Gasteiger partial charge in [0, 0.05) is 16.1 Å². The molecule has 0 radical (unpaired) electrons. The zero-order valence-electron chi connectivity index (χ0n) is 13.7. The van der Waals surface area contributed by atoms with Crippen molar-refractivity contribution in [1.29, 1.82) is 0 Å². The summed E-state index contributed by atoms with van der Waals surface area (Å²) in [4.78, 5) is 4.42. The van der Waals surface area contributed by atoms with Crippen molar-refractivity contribution in [2.75, 3.05) is 0 Å². The van der Waals surface area contributed by atoms with Crippen molar-refractivity contribution in [3.8, 4) is 34.2 Å². The normalized spacial score (nSPS) is 11.0. The SMILES string of the molecule is Cc1ccc(-c2cc(-c3nc(-c4cccc(Cl)c4)no3)[nH]n2)cc1C. The molecule has 0 saturated carbocycles. The van der Waals surface area contributed by atoms with Crippen molar-refractivity contribution < 1.29 is 4.52 Å². The molecule has 0 spiro atoms. The second-order valence-electron chi connectivity index (χ2n) is 5.90. The van der Waals surface area contributed by atoms with Crippen LogP contribution in [0.4, 0.5) is 0 Å². The van der Waals surface area contributed by atoms with E-state index >= 15 is 0 Å². The molecule has 124 valence electrons. The molecule has 25 heavy (non-hydrogen) atoms. The Morgan fingerprint density at radius 3 is 2.64 bits per heavy atom. The molecule has 0 bridgehead atoms. The number of rotatable bonds is 3. The molecule has 2 aromatic heterocycles. The number of halogens is 1. The summed E-state index contributed by atoms with van der Waals surface area (Å²) in [6, 6.07) is 15.5. The third kappa shape index (κ3) is 3.06. The number of nitrogens with zero attached hydrogens (tertiary/aromatic N) is 3. The van der Waals surface area contributed by atoms with Crippen molar-refractivity contribution in [1.82, 2.24) is 20.3 Å².